The number of aliphatic imine (C=N–C) groups is 1. The van der Waals surface area contributed by atoms with E-state index >= 15 is 0 Å². The Kier molecular flexibility index (Phi) is 5.01. The normalized spacial score (nSPS) is 18.0. The number of hydrogen-bond donors (Lipinski definition) is 1. The van der Waals surface area contributed by atoms with Crippen LogP contribution in [0.15, 0.2) is 62.9 Å². The topological polar surface area (TPSA) is 41.5 Å². The molecule has 1 heterocycles. The van der Waals surface area contributed by atoms with Gasteiger partial charge in [0.25, 0.3) is 5.91 Å². The number of nitrogens with zero attached hydrogens (tertiary/aromatic N) is 1. The van der Waals surface area contributed by atoms with Crippen molar-refractivity contribution in [1.82, 2.24) is 5.32 Å². The average Bonchev–Trinajstić information content (AvgIpc) is 2.86. The average molecular weight is 427 g/mol. The number of carbonyl (C=O) groups is 1. The molecule has 0 aliphatic carbocycles. The Morgan fingerprint density at radius 2 is 1.88 bits per heavy atom. The zero-order chi connectivity index (χ0) is 18.0. The molecule has 2 aromatic rings. The number of halogens is 4. The van der Waals surface area contributed by atoms with Gasteiger partial charge >= 0.3 is 6.18 Å². The minimum absolute atomic E-state index is 0.114. The molecule has 3 nitrogen and oxygen atoms in total. The maximum absolute atomic E-state index is 13.0. The first kappa shape index (κ1) is 17.8. The first-order valence-corrected chi connectivity index (χ1v) is 8.65. The van der Waals surface area contributed by atoms with E-state index in [1.807, 2.05) is 24.3 Å². The Morgan fingerprint density at radius 1 is 1.12 bits per heavy atom. The molecule has 0 saturated carbocycles. The van der Waals surface area contributed by atoms with Crippen LogP contribution in [0.25, 0.3) is 6.08 Å². The SMILES string of the molecule is O=C1NC(=Nc2ccccc2C(F)(F)F)S/C1=C\c1cccc(Br)c1. The van der Waals surface area contributed by atoms with Crippen molar-refractivity contribution in [3.63, 3.8) is 0 Å². The summed E-state index contributed by atoms with van der Waals surface area (Å²) < 4.78 is 39.9. The first-order valence-electron chi connectivity index (χ1n) is 7.04. The van der Waals surface area contributed by atoms with Gasteiger partial charge in [0.1, 0.15) is 0 Å². The molecule has 2 aromatic carbocycles. The van der Waals surface area contributed by atoms with Crippen molar-refractivity contribution in [3.05, 3.63) is 69.0 Å². The molecule has 1 aliphatic heterocycles. The number of carbonyl (C=O) groups excluding carboxylic acids is 1. The van der Waals surface area contributed by atoms with Crippen LogP contribution in [0.1, 0.15) is 11.1 Å². The zero-order valence-electron chi connectivity index (χ0n) is 12.5. The molecule has 0 atom stereocenters. The number of para-hydroxylation sites is 1. The molecule has 25 heavy (non-hydrogen) atoms. The van der Waals surface area contributed by atoms with Crippen molar-refractivity contribution in [2.45, 2.75) is 6.18 Å². The number of benzene rings is 2. The first-order chi connectivity index (χ1) is 11.8. The van der Waals surface area contributed by atoms with Gasteiger partial charge in [-0.25, -0.2) is 4.99 Å². The summed E-state index contributed by atoms with van der Waals surface area (Å²) >= 11 is 4.34. The minimum Gasteiger partial charge on any atom is -0.300 e. The molecule has 3 rings (SSSR count). The van der Waals surface area contributed by atoms with E-state index in [9.17, 15) is 18.0 Å². The second kappa shape index (κ2) is 7.05. The molecule has 0 bridgehead atoms. The second-order valence-corrected chi connectivity index (χ2v) is 7.00. The fraction of sp³-hybridized carbons (Fsp3) is 0.0588. The van der Waals surface area contributed by atoms with E-state index < -0.39 is 17.6 Å². The van der Waals surface area contributed by atoms with Crippen LogP contribution in [-0.4, -0.2) is 11.1 Å². The van der Waals surface area contributed by atoms with Gasteiger partial charge in [-0.3, -0.25) is 4.79 Å². The molecular weight excluding hydrogens is 417 g/mol. The molecule has 0 radical (unpaired) electrons. The third kappa shape index (κ3) is 4.32. The third-order valence-corrected chi connectivity index (χ3v) is 4.63. The summed E-state index contributed by atoms with van der Waals surface area (Å²) in [6.45, 7) is 0. The largest absolute Gasteiger partial charge is 0.418 e. The molecule has 128 valence electrons. The van der Waals surface area contributed by atoms with E-state index in [-0.39, 0.29) is 10.9 Å². The van der Waals surface area contributed by atoms with Crippen LogP contribution in [0.3, 0.4) is 0 Å². The highest BCUT2D eigenvalue weighted by atomic mass is 79.9. The minimum atomic E-state index is -4.51. The summed E-state index contributed by atoms with van der Waals surface area (Å²) in [5.41, 5.74) is -0.285. The van der Waals surface area contributed by atoms with E-state index in [0.717, 1.165) is 27.9 Å². The summed E-state index contributed by atoms with van der Waals surface area (Å²) in [4.78, 5) is 16.4. The van der Waals surface area contributed by atoms with Crippen LogP contribution in [-0.2, 0) is 11.0 Å². The third-order valence-electron chi connectivity index (χ3n) is 3.23. The quantitative estimate of drug-likeness (QED) is 0.656. The van der Waals surface area contributed by atoms with Crippen LogP contribution in [0.4, 0.5) is 18.9 Å². The lowest BCUT2D eigenvalue weighted by Gasteiger charge is -2.09. The number of amides is 1. The van der Waals surface area contributed by atoms with Crippen LogP contribution in [0, 0.1) is 0 Å². The molecule has 0 aromatic heterocycles. The number of alkyl halides is 3. The van der Waals surface area contributed by atoms with E-state index in [0.29, 0.717) is 4.91 Å². The highest BCUT2D eigenvalue weighted by Crippen LogP contribution is 2.37. The summed E-state index contributed by atoms with van der Waals surface area (Å²) in [6, 6.07) is 12.3. The molecule has 1 aliphatic rings. The van der Waals surface area contributed by atoms with Crippen molar-refractivity contribution in [1.29, 1.82) is 0 Å². The molecule has 0 spiro atoms. The second-order valence-electron chi connectivity index (χ2n) is 5.05. The maximum Gasteiger partial charge on any atom is 0.418 e. The van der Waals surface area contributed by atoms with Crippen molar-refractivity contribution >= 4 is 50.5 Å². The van der Waals surface area contributed by atoms with Crippen LogP contribution >= 0.6 is 27.7 Å². The fourth-order valence-corrected chi connectivity index (χ4v) is 3.40. The number of hydrogen-bond acceptors (Lipinski definition) is 3. The Hall–Kier alpha value is -2.06. The van der Waals surface area contributed by atoms with E-state index in [2.05, 4.69) is 26.2 Å². The van der Waals surface area contributed by atoms with Gasteiger partial charge in [-0.2, -0.15) is 13.2 Å². The van der Waals surface area contributed by atoms with Gasteiger partial charge < -0.3 is 5.32 Å². The number of thioether (sulfide) groups is 1. The van der Waals surface area contributed by atoms with Gasteiger partial charge in [-0.05, 0) is 47.7 Å². The van der Waals surface area contributed by atoms with Crippen molar-refractivity contribution in [3.8, 4) is 0 Å². The molecular formula is C17H10BrF3N2OS. The molecule has 8 heteroatoms. The van der Waals surface area contributed by atoms with Crippen molar-refractivity contribution in [2.75, 3.05) is 0 Å². The van der Waals surface area contributed by atoms with Gasteiger partial charge in [0.15, 0.2) is 5.17 Å². The predicted molar refractivity (Wildman–Crippen MR) is 96.4 cm³/mol. The molecule has 1 amide bonds. The lowest BCUT2D eigenvalue weighted by molar-refractivity contribution is -0.137. The Morgan fingerprint density at radius 3 is 2.60 bits per heavy atom. The number of nitrogens with one attached hydrogen (secondary N) is 1. The highest BCUT2D eigenvalue weighted by molar-refractivity contribution is 9.10. The summed E-state index contributed by atoms with van der Waals surface area (Å²) in [5.74, 6) is -0.395. The number of rotatable bonds is 2. The lowest BCUT2D eigenvalue weighted by atomic mass is 10.2. The van der Waals surface area contributed by atoms with E-state index in [1.54, 1.807) is 6.08 Å². The fourth-order valence-electron chi connectivity index (χ4n) is 2.15. The lowest BCUT2D eigenvalue weighted by Crippen LogP contribution is -2.19. The van der Waals surface area contributed by atoms with E-state index in [1.165, 1.54) is 18.2 Å². The Balaban J connectivity index is 1.90. The van der Waals surface area contributed by atoms with Gasteiger partial charge in [0.2, 0.25) is 0 Å². The Labute approximate surface area is 154 Å². The molecule has 1 N–H and O–H groups in total. The van der Waals surface area contributed by atoms with Crippen LogP contribution < -0.4 is 5.32 Å². The highest BCUT2D eigenvalue weighted by Gasteiger charge is 2.34. The van der Waals surface area contributed by atoms with Crippen LogP contribution in [0.2, 0.25) is 0 Å². The zero-order valence-corrected chi connectivity index (χ0v) is 14.9. The molecule has 1 saturated heterocycles. The van der Waals surface area contributed by atoms with Gasteiger partial charge in [0.05, 0.1) is 16.2 Å². The monoisotopic (exact) mass is 426 g/mol. The molecule has 1 fully saturated rings. The maximum atomic E-state index is 13.0. The summed E-state index contributed by atoms with van der Waals surface area (Å²) in [6.07, 6.45) is -2.86. The van der Waals surface area contributed by atoms with Crippen LogP contribution in [0.5, 0.6) is 0 Å². The standard InChI is InChI=1S/C17H10BrF3N2OS/c18-11-5-3-4-10(8-11)9-14-15(24)23-16(25-14)22-13-7-2-1-6-12(13)17(19,20)21/h1-9H,(H,22,23,24)/b14-9-. The van der Waals surface area contributed by atoms with Gasteiger partial charge in [-0.1, -0.05) is 40.2 Å². The Bertz CT molecular complexity index is 893. The summed E-state index contributed by atoms with van der Waals surface area (Å²) in [7, 11) is 0. The van der Waals surface area contributed by atoms with Gasteiger partial charge in [-0.15, -0.1) is 0 Å². The summed E-state index contributed by atoms with van der Waals surface area (Å²) in [5, 5.41) is 2.61. The van der Waals surface area contributed by atoms with Crippen molar-refractivity contribution < 1.29 is 18.0 Å². The number of amidine groups is 1. The smallest absolute Gasteiger partial charge is 0.300 e. The van der Waals surface area contributed by atoms with E-state index in [4.69, 9.17) is 0 Å². The predicted octanol–water partition coefficient (Wildman–Crippen LogP) is 5.36. The molecule has 0 unspecified atom stereocenters. The van der Waals surface area contributed by atoms with Gasteiger partial charge in [0, 0.05) is 4.47 Å². The van der Waals surface area contributed by atoms with Crippen molar-refractivity contribution in [2.24, 2.45) is 4.99 Å².